The van der Waals surface area contributed by atoms with Crippen LogP contribution in [0, 0.1) is 5.92 Å². The molecule has 2 N–H and O–H groups in total. The molecular formula is C16H23N5OS. The molecule has 0 bridgehead atoms. The highest BCUT2D eigenvalue weighted by molar-refractivity contribution is 7.10. The molecule has 0 spiro atoms. The van der Waals surface area contributed by atoms with Crippen LogP contribution in [-0.2, 0) is 6.54 Å². The molecule has 124 valence electrons. The van der Waals surface area contributed by atoms with Crippen LogP contribution in [0.3, 0.4) is 0 Å². The first-order chi connectivity index (χ1) is 11.3. The van der Waals surface area contributed by atoms with E-state index in [-0.39, 0.29) is 12.1 Å². The third kappa shape index (κ3) is 4.54. The topological polar surface area (TPSA) is 71.8 Å². The molecule has 0 radical (unpaired) electrons. The van der Waals surface area contributed by atoms with Crippen molar-refractivity contribution in [2.24, 2.45) is 5.92 Å². The number of aryl methyl sites for hydroxylation is 1. The Hall–Kier alpha value is -1.89. The number of hydrogen-bond donors (Lipinski definition) is 2. The number of urea groups is 1. The van der Waals surface area contributed by atoms with Gasteiger partial charge in [0.25, 0.3) is 0 Å². The van der Waals surface area contributed by atoms with Crippen LogP contribution >= 0.6 is 11.3 Å². The number of aromatic nitrogens is 3. The summed E-state index contributed by atoms with van der Waals surface area (Å²) in [7, 11) is 0. The number of rotatable bonds is 7. The monoisotopic (exact) mass is 333 g/mol. The van der Waals surface area contributed by atoms with Crippen LogP contribution in [0.5, 0.6) is 0 Å². The van der Waals surface area contributed by atoms with Gasteiger partial charge >= 0.3 is 6.03 Å². The Bertz CT molecular complexity index is 578. The van der Waals surface area contributed by atoms with E-state index in [0.29, 0.717) is 12.5 Å². The Morgan fingerprint density at radius 1 is 1.43 bits per heavy atom. The maximum atomic E-state index is 12.2. The van der Waals surface area contributed by atoms with Gasteiger partial charge in [-0.1, -0.05) is 18.9 Å². The van der Waals surface area contributed by atoms with Gasteiger partial charge in [-0.25, -0.2) is 9.78 Å². The van der Waals surface area contributed by atoms with E-state index in [1.807, 2.05) is 0 Å². The Morgan fingerprint density at radius 3 is 3.00 bits per heavy atom. The summed E-state index contributed by atoms with van der Waals surface area (Å²) in [6, 6.07) is 4.25. The molecule has 3 rings (SSSR count). The highest BCUT2D eigenvalue weighted by Gasteiger charge is 2.28. The molecule has 0 saturated heterocycles. The number of carbonyl (C=O) groups is 1. The summed E-state index contributed by atoms with van der Waals surface area (Å²) in [6.07, 6.45) is 9.00. The number of amides is 2. The maximum absolute atomic E-state index is 12.2. The number of nitrogens with one attached hydrogen (secondary N) is 2. The van der Waals surface area contributed by atoms with Crippen molar-refractivity contribution in [1.29, 1.82) is 0 Å². The molecule has 6 nitrogen and oxygen atoms in total. The Morgan fingerprint density at radius 2 is 2.30 bits per heavy atom. The quantitative estimate of drug-likeness (QED) is 0.765. The van der Waals surface area contributed by atoms with E-state index in [1.165, 1.54) is 36.9 Å². The minimum atomic E-state index is -0.0751. The molecule has 2 heterocycles. The van der Waals surface area contributed by atoms with Crippen molar-refractivity contribution in [2.45, 2.75) is 44.7 Å². The van der Waals surface area contributed by atoms with Gasteiger partial charge in [-0.3, -0.25) is 4.68 Å². The average molecular weight is 333 g/mol. The number of hydrogen-bond acceptors (Lipinski definition) is 4. The van der Waals surface area contributed by atoms with Crippen molar-refractivity contribution < 1.29 is 4.79 Å². The molecule has 0 aromatic carbocycles. The summed E-state index contributed by atoms with van der Waals surface area (Å²) >= 11 is 1.73. The van der Waals surface area contributed by atoms with Crippen molar-refractivity contribution in [3.63, 3.8) is 0 Å². The van der Waals surface area contributed by atoms with Crippen LogP contribution in [-0.4, -0.2) is 27.3 Å². The van der Waals surface area contributed by atoms with E-state index < -0.39 is 0 Å². The summed E-state index contributed by atoms with van der Waals surface area (Å²) in [6.45, 7) is 1.39. The fourth-order valence-electron chi connectivity index (χ4n) is 3.16. The lowest BCUT2D eigenvalue weighted by Gasteiger charge is -2.24. The summed E-state index contributed by atoms with van der Waals surface area (Å²) in [5, 5.41) is 12.3. The molecule has 23 heavy (non-hydrogen) atoms. The van der Waals surface area contributed by atoms with Crippen molar-refractivity contribution in [3.05, 3.63) is 35.0 Å². The van der Waals surface area contributed by atoms with Crippen molar-refractivity contribution in [1.82, 2.24) is 25.4 Å². The molecule has 1 aliphatic rings. The van der Waals surface area contributed by atoms with Gasteiger partial charge in [0.1, 0.15) is 12.7 Å². The minimum absolute atomic E-state index is 0.0751. The van der Waals surface area contributed by atoms with Gasteiger partial charge in [0.15, 0.2) is 0 Å². The predicted octanol–water partition coefficient (Wildman–Crippen LogP) is 2.96. The van der Waals surface area contributed by atoms with Crippen molar-refractivity contribution in [3.8, 4) is 0 Å². The minimum Gasteiger partial charge on any atom is -0.338 e. The lowest BCUT2D eigenvalue weighted by molar-refractivity contribution is 0.231. The van der Waals surface area contributed by atoms with Crippen LogP contribution in [0.1, 0.15) is 43.0 Å². The highest BCUT2D eigenvalue weighted by atomic mass is 32.1. The van der Waals surface area contributed by atoms with E-state index in [2.05, 4.69) is 38.2 Å². The van der Waals surface area contributed by atoms with Crippen LogP contribution in [0.25, 0.3) is 0 Å². The van der Waals surface area contributed by atoms with Gasteiger partial charge in [-0.05, 0) is 36.6 Å². The number of nitrogens with zero attached hydrogens (tertiary/aromatic N) is 3. The number of carbonyl (C=O) groups excluding carboxylic acids is 1. The second-order valence-electron chi connectivity index (χ2n) is 5.95. The Balaban J connectivity index is 1.46. The van der Waals surface area contributed by atoms with Crippen molar-refractivity contribution in [2.75, 3.05) is 6.54 Å². The van der Waals surface area contributed by atoms with Crippen LogP contribution in [0.15, 0.2) is 30.2 Å². The summed E-state index contributed by atoms with van der Waals surface area (Å²) in [4.78, 5) is 17.4. The average Bonchev–Trinajstić information content (AvgIpc) is 3.33. The van der Waals surface area contributed by atoms with Crippen LogP contribution in [0.2, 0.25) is 0 Å². The largest absolute Gasteiger partial charge is 0.338 e. The molecule has 0 unspecified atom stereocenters. The first-order valence-electron chi connectivity index (χ1n) is 8.23. The third-order valence-electron chi connectivity index (χ3n) is 4.32. The maximum Gasteiger partial charge on any atom is 0.315 e. The third-order valence-corrected chi connectivity index (χ3v) is 5.28. The molecule has 1 atom stereocenters. The molecular weight excluding hydrogens is 310 g/mol. The normalized spacial score (nSPS) is 16.3. The zero-order valence-electron chi connectivity index (χ0n) is 13.1. The molecule has 1 aliphatic carbocycles. The van der Waals surface area contributed by atoms with Gasteiger partial charge in [0.2, 0.25) is 0 Å². The molecule has 2 aromatic heterocycles. The molecule has 1 fully saturated rings. The lowest BCUT2D eigenvalue weighted by atomic mass is 9.97. The van der Waals surface area contributed by atoms with E-state index in [1.54, 1.807) is 22.3 Å². The highest BCUT2D eigenvalue weighted by Crippen LogP contribution is 2.37. The molecule has 7 heteroatoms. The van der Waals surface area contributed by atoms with Crippen molar-refractivity contribution >= 4 is 17.4 Å². The zero-order chi connectivity index (χ0) is 15.9. The Labute approximate surface area is 140 Å². The Kier molecular flexibility index (Phi) is 5.63. The summed E-state index contributed by atoms with van der Waals surface area (Å²) in [5.41, 5.74) is 0. The van der Waals surface area contributed by atoms with Gasteiger partial charge in [0.05, 0.1) is 6.04 Å². The van der Waals surface area contributed by atoms with E-state index in [0.717, 1.165) is 13.0 Å². The fraction of sp³-hybridized carbons (Fsp3) is 0.562. The van der Waals surface area contributed by atoms with Gasteiger partial charge < -0.3 is 10.6 Å². The molecule has 1 saturated carbocycles. The van der Waals surface area contributed by atoms with E-state index in [9.17, 15) is 4.79 Å². The van der Waals surface area contributed by atoms with Crippen LogP contribution < -0.4 is 10.6 Å². The first kappa shape index (κ1) is 16.0. The molecule has 2 aromatic rings. The smallest absolute Gasteiger partial charge is 0.315 e. The standard InChI is InChI=1S/C16H23N5OS/c22-16(18-8-4-9-21-12-17-11-19-21)20-15(13-5-1-2-6-13)14-7-3-10-23-14/h3,7,10-13,15H,1-2,4-6,8-9H2,(H2,18,20,22)/t15-/m1/s1. The predicted molar refractivity (Wildman–Crippen MR) is 90.2 cm³/mol. The van der Waals surface area contributed by atoms with Gasteiger partial charge in [-0.15, -0.1) is 11.3 Å². The lowest BCUT2D eigenvalue weighted by Crippen LogP contribution is -2.40. The second-order valence-corrected chi connectivity index (χ2v) is 6.93. The number of thiophene rings is 1. The van der Waals surface area contributed by atoms with E-state index >= 15 is 0 Å². The summed E-state index contributed by atoms with van der Waals surface area (Å²) < 4.78 is 1.77. The molecule has 2 amide bonds. The van der Waals surface area contributed by atoms with Gasteiger partial charge in [0, 0.05) is 18.0 Å². The SMILES string of the molecule is O=C(NCCCn1cncn1)N[C@@H](c1cccs1)C1CCCC1. The van der Waals surface area contributed by atoms with E-state index in [4.69, 9.17) is 0 Å². The van der Waals surface area contributed by atoms with Gasteiger partial charge in [-0.2, -0.15) is 5.10 Å². The summed E-state index contributed by atoms with van der Waals surface area (Å²) in [5.74, 6) is 0.564. The molecule has 0 aliphatic heterocycles. The fourth-order valence-corrected chi connectivity index (χ4v) is 4.03. The zero-order valence-corrected chi connectivity index (χ0v) is 14.0. The van der Waals surface area contributed by atoms with Crippen LogP contribution in [0.4, 0.5) is 4.79 Å². The second kappa shape index (κ2) is 8.10. The first-order valence-corrected chi connectivity index (χ1v) is 9.11.